The number of rotatable bonds is 5. The number of hydrogen-bond donors (Lipinski definition) is 2. The maximum Gasteiger partial charge on any atom is 0.238 e. The molecule has 0 saturated carbocycles. The van der Waals surface area contributed by atoms with Crippen LogP contribution < -0.4 is 10.5 Å². The van der Waals surface area contributed by atoms with E-state index < -0.39 is 10.0 Å². The second-order valence-corrected chi connectivity index (χ2v) is 9.21. The lowest BCUT2D eigenvalue weighted by atomic mass is 10.0. The first-order chi connectivity index (χ1) is 15.9. The van der Waals surface area contributed by atoms with Crippen molar-refractivity contribution in [1.29, 1.82) is 0 Å². The van der Waals surface area contributed by atoms with Gasteiger partial charge in [0.05, 0.1) is 16.0 Å². The Kier molecular flexibility index (Phi) is 5.29. The molecule has 0 atom stereocenters. The van der Waals surface area contributed by atoms with E-state index in [9.17, 15) is 8.42 Å². The van der Waals surface area contributed by atoms with E-state index in [2.05, 4.69) is 20.4 Å². The van der Waals surface area contributed by atoms with Gasteiger partial charge >= 0.3 is 0 Å². The van der Waals surface area contributed by atoms with Crippen molar-refractivity contribution in [2.75, 3.05) is 5.32 Å². The van der Waals surface area contributed by atoms with Crippen molar-refractivity contribution >= 4 is 44.2 Å². The number of aromatic nitrogens is 3. The molecule has 2 heterocycles. The molecule has 2 aromatic heterocycles. The Morgan fingerprint density at radius 2 is 1.64 bits per heavy atom. The minimum atomic E-state index is -3.75. The van der Waals surface area contributed by atoms with Crippen molar-refractivity contribution in [3.05, 3.63) is 84.0 Å². The van der Waals surface area contributed by atoms with Crippen LogP contribution in [0.4, 0.5) is 11.6 Å². The van der Waals surface area contributed by atoms with Crippen LogP contribution in [0, 0.1) is 0 Å². The zero-order chi connectivity index (χ0) is 23.0. The number of nitrogens with zero attached hydrogens (tertiary/aromatic N) is 3. The largest absolute Gasteiger partial charge is 0.355 e. The molecule has 0 radical (unpaired) electrons. The molecule has 8 nitrogen and oxygen atoms in total. The summed E-state index contributed by atoms with van der Waals surface area (Å²) >= 11 is 6.00. The van der Waals surface area contributed by atoms with Gasteiger partial charge in [0, 0.05) is 28.0 Å². The van der Waals surface area contributed by atoms with Crippen LogP contribution in [0.25, 0.3) is 33.5 Å². The first-order valence-corrected chi connectivity index (χ1v) is 11.7. The average Bonchev–Trinajstić information content (AvgIpc) is 3.23. The van der Waals surface area contributed by atoms with Crippen molar-refractivity contribution < 1.29 is 12.9 Å². The fraction of sp³-hybridized carbons (Fsp3) is 0. The van der Waals surface area contributed by atoms with E-state index in [0.717, 1.165) is 22.0 Å². The predicted molar refractivity (Wildman–Crippen MR) is 127 cm³/mol. The van der Waals surface area contributed by atoms with Crippen LogP contribution in [0.1, 0.15) is 0 Å². The van der Waals surface area contributed by atoms with E-state index in [0.29, 0.717) is 28.1 Å². The lowest BCUT2D eigenvalue weighted by molar-refractivity contribution is 0.441. The zero-order valence-electron chi connectivity index (χ0n) is 16.9. The van der Waals surface area contributed by atoms with Crippen molar-refractivity contribution in [2.24, 2.45) is 5.14 Å². The summed E-state index contributed by atoms with van der Waals surface area (Å²) in [6.45, 7) is 0. The van der Waals surface area contributed by atoms with E-state index in [1.165, 1.54) is 12.1 Å². The van der Waals surface area contributed by atoms with Gasteiger partial charge in [-0.3, -0.25) is 0 Å². The minimum Gasteiger partial charge on any atom is -0.355 e. The Morgan fingerprint density at radius 1 is 0.909 bits per heavy atom. The molecule has 0 aliphatic carbocycles. The number of nitrogens with one attached hydrogen (secondary N) is 1. The van der Waals surface area contributed by atoms with Crippen molar-refractivity contribution in [1.82, 2.24) is 15.1 Å². The number of benzene rings is 3. The second kappa shape index (κ2) is 8.28. The Morgan fingerprint density at radius 3 is 2.36 bits per heavy atom. The maximum atomic E-state index is 11.4. The molecule has 0 unspecified atom stereocenters. The van der Waals surface area contributed by atoms with Crippen LogP contribution in [0.5, 0.6) is 0 Å². The first-order valence-electron chi connectivity index (χ1n) is 9.75. The van der Waals surface area contributed by atoms with Crippen LogP contribution in [0.2, 0.25) is 5.02 Å². The molecule has 10 heteroatoms. The van der Waals surface area contributed by atoms with Gasteiger partial charge in [-0.2, -0.15) is 0 Å². The summed E-state index contributed by atoms with van der Waals surface area (Å²) < 4.78 is 28.4. The van der Waals surface area contributed by atoms with Gasteiger partial charge in [-0.1, -0.05) is 22.8 Å². The van der Waals surface area contributed by atoms with Gasteiger partial charge in [0.2, 0.25) is 16.0 Å². The quantitative estimate of drug-likeness (QED) is 0.365. The topological polar surface area (TPSA) is 124 Å². The van der Waals surface area contributed by atoms with Gasteiger partial charge in [0.1, 0.15) is 5.52 Å². The van der Waals surface area contributed by atoms with Crippen molar-refractivity contribution in [3.8, 4) is 22.6 Å². The van der Waals surface area contributed by atoms with E-state index in [1.54, 1.807) is 36.5 Å². The van der Waals surface area contributed by atoms with Gasteiger partial charge in [0.25, 0.3) is 0 Å². The van der Waals surface area contributed by atoms with Gasteiger partial charge in [-0.25, -0.2) is 23.5 Å². The SMILES string of the molecule is NS(=O)(=O)c1ccc(Nc2nccc(-c3ccc4noc(-c5ccc(Cl)cc5)c4c3)n2)cc1. The fourth-order valence-electron chi connectivity index (χ4n) is 3.35. The van der Waals surface area contributed by atoms with Crippen LogP contribution in [0.3, 0.4) is 0 Å². The molecule has 0 fully saturated rings. The summed E-state index contributed by atoms with van der Waals surface area (Å²) in [5.41, 5.74) is 3.77. The maximum absolute atomic E-state index is 11.4. The summed E-state index contributed by atoms with van der Waals surface area (Å²) in [5, 5.41) is 13.8. The lowest BCUT2D eigenvalue weighted by Gasteiger charge is -2.07. The highest BCUT2D eigenvalue weighted by Crippen LogP contribution is 2.32. The minimum absolute atomic E-state index is 0.0289. The molecule has 3 aromatic carbocycles. The van der Waals surface area contributed by atoms with Crippen LogP contribution in [0.15, 0.2) is 88.4 Å². The van der Waals surface area contributed by atoms with E-state index >= 15 is 0 Å². The van der Waals surface area contributed by atoms with Gasteiger partial charge in [-0.05, 0) is 66.7 Å². The molecule has 0 amide bonds. The molecular weight excluding hydrogens is 462 g/mol. The predicted octanol–water partition coefficient (Wildman–Crippen LogP) is 5.00. The molecule has 0 bridgehead atoms. The molecule has 164 valence electrons. The molecule has 0 aliphatic heterocycles. The zero-order valence-corrected chi connectivity index (χ0v) is 18.5. The first kappa shape index (κ1) is 21.1. The van der Waals surface area contributed by atoms with E-state index in [1.807, 2.05) is 30.3 Å². The molecule has 3 N–H and O–H groups in total. The van der Waals surface area contributed by atoms with Crippen LogP contribution in [-0.2, 0) is 10.0 Å². The fourth-order valence-corrected chi connectivity index (χ4v) is 3.99. The average molecular weight is 478 g/mol. The Balaban J connectivity index is 1.46. The number of nitrogens with two attached hydrogens (primary N) is 1. The summed E-state index contributed by atoms with van der Waals surface area (Å²) in [7, 11) is -3.75. The van der Waals surface area contributed by atoms with Crippen molar-refractivity contribution in [3.63, 3.8) is 0 Å². The highest BCUT2D eigenvalue weighted by molar-refractivity contribution is 7.89. The van der Waals surface area contributed by atoms with Crippen LogP contribution >= 0.6 is 11.6 Å². The number of halogens is 1. The summed E-state index contributed by atoms with van der Waals surface area (Å²) in [5.74, 6) is 1.00. The Labute approximate surface area is 194 Å². The molecular formula is C23H16ClN5O3S. The standard InChI is InChI=1S/C23H16ClN5O3S/c24-16-4-1-14(2-5-16)22-19-13-15(3-10-21(19)29-32-22)20-11-12-26-23(28-20)27-17-6-8-18(9-7-17)33(25,30)31/h1-13H,(H2,25,30,31)(H,26,27,28). The van der Waals surface area contributed by atoms with Gasteiger partial charge in [-0.15, -0.1) is 0 Å². The third-order valence-corrected chi connectivity index (χ3v) is 6.15. The molecule has 5 aromatic rings. The number of hydrogen-bond acceptors (Lipinski definition) is 7. The summed E-state index contributed by atoms with van der Waals surface area (Å²) in [6.07, 6.45) is 1.64. The number of anilines is 2. The highest BCUT2D eigenvalue weighted by Gasteiger charge is 2.13. The van der Waals surface area contributed by atoms with Gasteiger partial charge < -0.3 is 9.84 Å². The number of sulfonamides is 1. The lowest BCUT2D eigenvalue weighted by Crippen LogP contribution is -2.11. The second-order valence-electron chi connectivity index (χ2n) is 7.21. The van der Waals surface area contributed by atoms with Gasteiger partial charge in [0.15, 0.2) is 5.76 Å². The highest BCUT2D eigenvalue weighted by atomic mass is 35.5. The third-order valence-electron chi connectivity index (χ3n) is 4.97. The monoisotopic (exact) mass is 477 g/mol. The molecule has 0 spiro atoms. The van der Waals surface area contributed by atoms with E-state index in [4.69, 9.17) is 21.3 Å². The normalized spacial score (nSPS) is 11.6. The van der Waals surface area contributed by atoms with E-state index in [-0.39, 0.29) is 4.90 Å². The third kappa shape index (κ3) is 4.42. The Hall–Kier alpha value is -3.79. The number of primary sulfonamides is 1. The summed E-state index contributed by atoms with van der Waals surface area (Å²) in [6, 6.07) is 20.9. The Bertz CT molecular complexity index is 1570. The number of fused-ring (bicyclic) bond motifs is 1. The summed E-state index contributed by atoms with van der Waals surface area (Å²) in [4.78, 5) is 8.86. The molecule has 0 saturated heterocycles. The van der Waals surface area contributed by atoms with Crippen LogP contribution in [-0.4, -0.2) is 23.5 Å². The molecule has 33 heavy (non-hydrogen) atoms. The van der Waals surface area contributed by atoms with Crippen molar-refractivity contribution in [2.45, 2.75) is 4.90 Å². The molecule has 0 aliphatic rings. The smallest absolute Gasteiger partial charge is 0.238 e. The molecule has 5 rings (SSSR count).